The monoisotopic (exact) mass is 602 g/mol. The number of pyridine rings is 1. The molecular weight excluding hydrogens is 568 g/mol. The zero-order chi connectivity index (χ0) is 29.2. The second-order valence-corrected chi connectivity index (χ2v) is 12.1. The number of nitrogens with zero attached hydrogens (tertiary/aromatic N) is 4. The molecule has 11 heteroatoms. The number of hydrogen-bond acceptors (Lipinski definition) is 7. The van der Waals surface area contributed by atoms with Crippen LogP contribution in [0, 0.1) is 5.41 Å². The summed E-state index contributed by atoms with van der Waals surface area (Å²) in [5, 5.41) is 14.6. The number of amides is 1. The molecule has 2 heterocycles. The average Bonchev–Trinajstić information content (AvgIpc) is 3.56. The number of tetrazole rings is 1. The van der Waals surface area contributed by atoms with Crippen molar-refractivity contribution in [3.05, 3.63) is 89.5 Å². The number of aromatic nitrogens is 5. The molecular formula is C32H35ClN6O4. The second kappa shape index (κ2) is 12.6. The van der Waals surface area contributed by atoms with Gasteiger partial charge in [-0.05, 0) is 80.2 Å². The van der Waals surface area contributed by atoms with Crippen LogP contribution in [-0.2, 0) is 20.7 Å². The second-order valence-electron chi connectivity index (χ2n) is 11.7. The Bertz CT molecular complexity index is 1540. The van der Waals surface area contributed by atoms with Crippen molar-refractivity contribution in [2.24, 2.45) is 5.41 Å². The first kappa shape index (κ1) is 30.3. The minimum absolute atomic E-state index is 0. The van der Waals surface area contributed by atoms with Gasteiger partial charge in [0.1, 0.15) is 10.8 Å². The predicted molar refractivity (Wildman–Crippen MR) is 159 cm³/mol. The molecule has 0 spiro atoms. The maximum Gasteiger partial charge on any atom is 0.306 e. The molecule has 0 radical (unpaired) electrons. The van der Waals surface area contributed by atoms with Crippen LogP contribution in [-0.4, -0.2) is 50.5 Å². The number of H-pyrrole nitrogens is 1. The minimum Gasteiger partial charge on any atom is -0.870 e. The highest BCUT2D eigenvalue weighted by molar-refractivity contribution is 6.31. The van der Waals surface area contributed by atoms with Crippen LogP contribution in [0.25, 0.3) is 16.8 Å². The van der Waals surface area contributed by atoms with Gasteiger partial charge in [0.25, 0.3) is 6.33 Å². The van der Waals surface area contributed by atoms with Crippen molar-refractivity contribution in [2.45, 2.75) is 62.8 Å². The molecule has 3 saturated carbocycles. The SMILES string of the molecule is COC(=O)CC12CCC(NC(=O)C(Cc3ccccc3)c3ccc(-c4cc(Cl)ccc4-[n+]4cnn[nH]4)cn3)(CC1)CC2.[OH-]. The number of hydrogen-bond donors (Lipinski definition) is 2. The fraction of sp³-hybridized carbons (Fsp3) is 0.375. The zero-order valence-electron chi connectivity index (χ0n) is 24.0. The van der Waals surface area contributed by atoms with E-state index in [0.717, 1.165) is 60.9 Å². The first-order valence-electron chi connectivity index (χ1n) is 14.3. The summed E-state index contributed by atoms with van der Waals surface area (Å²) in [5.74, 6) is -0.607. The van der Waals surface area contributed by atoms with Crippen molar-refractivity contribution in [1.29, 1.82) is 0 Å². The van der Waals surface area contributed by atoms with E-state index in [2.05, 4.69) is 20.8 Å². The summed E-state index contributed by atoms with van der Waals surface area (Å²) in [6, 6.07) is 19.5. The fourth-order valence-corrected chi connectivity index (χ4v) is 6.81. The number of esters is 1. The number of aromatic amines is 1. The van der Waals surface area contributed by atoms with E-state index in [1.807, 2.05) is 60.7 Å². The largest absolute Gasteiger partial charge is 0.870 e. The fourth-order valence-electron chi connectivity index (χ4n) is 6.64. The van der Waals surface area contributed by atoms with Crippen molar-refractivity contribution >= 4 is 23.5 Å². The van der Waals surface area contributed by atoms with Crippen LogP contribution in [0.15, 0.2) is 73.2 Å². The Labute approximate surface area is 255 Å². The third kappa shape index (κ3) is 6.45. The normalized spacial score (nSPS) is 21.4. The Morgan fingerprint density at radius 3 is 2.42 bits per heavy atom. The molecule has 2 aromatic heterocycles. The summed E-state index contributed by atoms with van der Waals surface area (Å²) in [6.45, 7) is 0. The number of ether oxygens (including phenoxy) is 1. The highest BCUT2D eigenvalue weighted by Gasteiger charge is 2.50. The van der Waals surface area contributed by atoms with Crippen LogP contribution >= 0.6 is 11.6 Å². The lowest BCUT2D eigenvalue weighted by Gasteiger charge is -2.53. The first-order chi connectivity index (χ1) is 20.4. The van der Waals surface area contributed by atoms with Gasteiger partial charge >= 0.3 is 5.97 Å². The lowest BCUT2D eigenvalue weighted by molar-refractivity contribution is -0.659. The molecule has 0 saturated heterocycles. The lowest BCUT2D eigenvalue weighted by atomic mass is 9.56. The van der Waals surface area contributed by atoms with Crippen molar-refractivity contribution in [3.8, 4) is 16.8 Å². The van der Waals surface area contributed by atoms with Crippen LogP contribution in [0.4, 0.5) is 0 Å². The van der Waals surface area contributed by atoms with Gasteiger partial charge < -0.3 is 15.5 Å². The van der Waals surface area contributed by atoms with E-state index < -0.39 is 5.92 Å². The quantitative estimate of drug-likeness (QED) is 0.208. The molecule has 2 aromatic carbocycles. The highest BCUT2D eigenvalue weighted by Crippen LogP contribution is 2.54. The molecule has 1 atom stereocenters. The number of carbonyl (C=O) groups excluding carboxylic acids is 2. The van der Waals surface area contributed by atoms with Gasteiger partial charge in [0, 0.05) is 27.9 Å². The molecule has 3 fully saturated rings. The van der Waals surface area contributed by atoms with E-state index in [1.54, 1.807) is 17.2 Å². The van der Waals surface area contributed by atoms with Gasteiger partial charge in [-0.2, -0.15) is 0 Å². The zero-order valence-corrected chi connectivity index (χ0v) is 24.8. The van der Waals surface area contributed by atoms with Crippen molar-refractivity contribution in [1.82, 2.24) is 25.8 Å². The van der Waals surface area contributed by atoms with Gasteiger partial charge in [-0.1, -0.05) is 53.2 Å². The third-order valence-electron chi connectivity index (χ3n) is 9.19. The number of benzene rings is 2. The van der Waals surface area contributed by atoms with E-state index in [-0.39, 0.29) is 28.3 Å². The minimum atomic E-state index is -0.454. The number of halogens is 1. The van der Waals surface area contributed by atoms with E-state index in [1.165, 1.54) is 7.11 Å². The third-order valence-corrected chi connectivity index (χ3v) is 9.42. The number of fused-ring (bicyclic) bond motifs is 3. The van der Waals surface area contributed by atoms with Crippen molar-refractivity contribution in [2.75, 3.05) is 7.11 Å². The van der Waals surface area contributed by atoms with Crippen LogP contribution in [0.1, 0.15) is 62.1 Å². The molecule has 43 heavy (non-hydrogen) atoms. The van der Waals surface area contributed by atoms with Gasteiger partial charge in [-0.3, -0.25) is 14.6 Å². The topological polar surface area (TPSA) is 144 Å². The maximum absolute atomic E-state index is 14.0. The smallest absolute Gasteiger partial charge is 0.306 e. The Morgan fingerprint density at radius 2 is 1.79 bits per heavy atom. The Morgan fingerprint density at radius 1 is 1.05 bits per heavy atom. The number of rotatable bonds is 9. The van der Waals surface area contributed by atoms with Crippen LogP contribution in [0.3, 0.4) is 0 Å². The molecule has 0 aliphatic heterocycles. The van der Waals surface area contributed by atoms with E-state index in [9.17, 15) is 9.59 Å². The lowest BCUT2D eigenvalue weighted by Crippen LogP contribution is -2.57. The predicted octanol–water partition coefficient (Wildman–Crippen LogP) is 4.72. The number of carbonyl (C=O) groups is 2. The molecule has 3 N–H and O–H groups in total. The average molecular weight is 603 g/mol. The summed E-state index contributed by atoms with van der Waals surface area (Å²) in [6.07, 6.45) is 9.77. The highest BCUT2D eigenvalue weighted by atomic mass is 35.5. The summed E-state index contributed by atoms with van der Waals surface area (Å²) in [7, 11) is 1.45. The maximum atomic E-state index is 14.0. The molecule has 3 aliphatic carbocycles. The van der Waals surface area contributed by atoms with Gasteiger partial charge in [0.2, 0.25) is 5.91 Å². The Balaban J connectivity index is 0.00000368. The first-order valence-corrected chi connectivity index (χ1v) is 14.7. The van der Waals surface area contributed by atoms with E-state index >= 15 is 0 Å². The van der Waals surface area contributed by atoms with Crippen molar-refractivity contribution < 1.29 is 24.5 Å². The van der Waals surface area contributed by atoms with E-state index in [4.69, 9.17) is 21.3 Å². The molecule has 224 valence electrons. The summed E-state index contributed by atoms with van der Waals surface area (Å²) < 4.78 is 6.67. The van der Waals surface area contributed by atoms with Crippen LogP contribution < -0.4 is 10.00 Å². The van der Waals surface area contributed by atoms with Gasteiger partial charge in [-0.25, -0.2) is 0 Å². The molecule has 10 nitrogen and oxygen atoms in total. The van der Waals surface area contributed by atoms with Gasteiger partial charge in [0.15, 0.2) is 5.21 Å². The molecule has 4 aromatic rings. The Kier molecular flexibility index (Phi) is 8.89. The molecule has 2 bridgehead atoms. The van der Waals surface area contributed by atoms with Crippen molar-refractivity contribution in [3.63, 3.8) is 0 Å². The van der Waals surface area contributed by atoms with E-state index in [0.29, 0.717) is 23.6 Å². The molecule has 7 rings (SSSR count). The molecule has 1 amide bonds. The van der Waals surface area contributed by atoms with Gasteiger partial charge in [0.05, 0.1) is 25.1 Å². The number of methoxy groups -OCH3 is 1. The van der Waals surface area contributed by atoms with Gasteiger partial charge in [-0.15, -0.1) is 4.68 Å². The standard InChI is InChI=1S/C32H33ClN6O3.H2O/c1-42-29(40)19-31-11-14-32(15-12-31,16-13-31)36-30(41)26(17-22-5-3-2-4-6-22)27-9-7-23(20-34-27)25-18-24(33)8-10-28(25)39-21-35-37-38-39;/h2-10,18,20-21,26H,11-17,19H2,1H3,(H,36,41);1H2. The van der Waals surface area contributed by atoms with Crippen LogP contribution in [0.5, 0.6) is 0 Å². The Hall–Kier alpha value is -4.15. The van der Waals surface area contributed by atoms with Crippen LogP contribution in [0.2, 0.25) is 5.02 Å². The number of nitrogens with one attached hydrogen (secondary N) is 2. The summed E-state index contributed by atoms with van der Waals surface area (Å²) in [4.78, 5) is 30.9. The summed E-state index contributed by atoms with van der Waals surface area (Å²) in [5.41, 5.74) is 4.10. The molecule has 3 aliphatic rings. The molecule has 1 unspecified atom stereocenters. The summed E-state index contributed by atoms with van der Waals surface area (Å²) >= 11 is 6.36.